The van der Waals surface area contributed by atoms with Crippen molar-refractivity contribution in [1.29, 1.82) is 0 Å². The number of carbonyl (C=O) groups excluding carboxylic acids is 2. The van der Waals surface area contributed by atoms with E-state index < -0.39 is 34.5 Å². The number of carbonyl (C=O) groups is 2. The molecule has 9 nitrogen and oxygen atoms in total. The molecule has 2 N–H and O–H groups in total. The molecule has 0 saturated carbocycles. The number of sulfonamides is 1. The molecule has 0 aliphatic rings. The summed E-state index contributed by atoms with van der Waals surface area (Å²) in [4.78, 5) is 24.0. The highest BCUT2D eigenvalue weighted by atomic mass is 32.2. The number of amides is 1. The van der Waals surface area contributed by atoms with Gasteiger partial charge in [-0.1, -0.05) is 12.1 Å². The topological polar surface area (TPSA) is 120 Å². The van der Waals surface area contributed by atoms with Crippen LogP contribution in [0.5, 0.6) is 11.5 Å². The molecule has 0 aliphatic heterocycles. The Labute approximate surface area is 169 Å². The average molecular weight is 422 g/mol. The van der Waals surface area contributed by atoms with Crippen molar-refractivity contribution in [3.05, 3.63) is 48.5 Å². The maximum atomic E-state index is 12.3. The smallest absolute Gasteiger partial charge is 0.324 e. The first-order chi connectivity index (χ1) is 13.8. The minimum absolute atomic E-state index is 0.0353. The van der Waals surface area contributed by atoms with E-state index >= 15 is 0 Å². The third kappa shape index (κ3) is 6.19. The van der Waals surface area contributed by atoms with E-state index in [-0.39, 0.29) is 4.90 Å². The van der Waals surface area contributed by atoms with E-state index in [1.165, 1.54) is 45.4 Å². The molecule has 0 fully saturated rings. The average Bonchev–Trinajstić information content (AvgIpc) is 2.72. The van der Waals surface area contributed by atoms with Gasteiger partial charge in [-0.15, -0.1) is 0 Å². The quantitative estimate of drug-likeness (QED) is 0.588. The predicted octanol–water partition coefficient (Wildman–Crippen LogP) is 1.55. The molecule has 0 aliphatic carbocycles. The van der Waals surface area contributed by atoms with Gasteiger partial charge in [-0.2, -0.15) is 4.72 Å². The first kappa shape index (κ1) is 22.2. The van der Waals surface area contributed by atoms with Crippen LogP contribution in [0.15, 0.2) is 53.4 Å². The maximum Gasteiger partial charge on any atom is 0.324 e. The van der Waals surface area contributed by atoms with Crippen LogP contribution in [0.3, 0.4) is 0 Å². The van der Waals surface area contributed by atoms with Crippen molar-refractivity contribution in [1.82, 2.24) is 4.72 Å². The first-order valence-electron chi connectivity index (χ1n) is 8.52. The number of ether oxygens (including phenoxy) is 3. The van der Waals surface area contributed by atoms with Crippen LogP contribution in [0, 0.1) is 0 Å². The second-order valence-electron chi connectivity index (χ2n) is 5.87. The largest absolute Gasteiger partial charge is 0.497 e. The second-order valence-corrected chi connectivity index (χ2v) is 7.59. The predicted molar refractivity (Wildman–Crippen MR) is 105 cm³/mol. The number of rotatable bonds is 9. The van der Waals surface area contributed by atoms with Crippen molar-refractivity contribution in [2.45, 2.75) is 17.9 Å². The highest BCUT2D eigenvalue weighted by molar-refractivity contribution is 7.89. The Hall–Kier alpha value is -3.11. The van der Waals surface area contributed by atoms with E-state index in [1.54, 1.807) is 24.3 Å². The molecule has 10 heteroatoms. The van der Waals surface area contributed by atoms with Crippen LogP contribution in [0.4, 0.5) is 5.69 Å². The standard InChI is InChI=1S/C19H22N2O7S/c1-13(21-29(24,25)15-10-8-14(26-2)9-11-15)19(23)28-12-18(22)20-16-6-4-5-7-17(16)27-3/h4-11,13,21H,12H2,1-3H3,(H,20,22). The fourth-order valence-corrected chi connectivity index (χ4v) is 3.49. The van der Waals surface area contributed by atoms with E-state index in [4.69, 9.17) is 14.2 Å². The molecular weight excluding hydrogens is 400 g/mol. The Morgan fingerprint density at radius 2 is 1.66 bits per heavy atom. The molecule has 29 heavy (non-hydrogen) atoms. The lowest BCUT2D eigenvalue weighted by molar-refractivity contribution is -0.148. The van der Waals surface area contributed by atoms with Gasteiger partial charge in [0.05, 0.1) is 24.8 Å². The van der Waals surface area contributed by atoms with E-state index in [2.05, 4.69) is 10.0 Å². The van der Waals surface area contributed by atoms with Crippen molar-refractivity contribution < 1.29 is 32.2 Å². The molecule has 0 aromatic heterocycles. The van der Waals surface area contributed by atoms with Crippen LogP contribution in [0.2, 0.25) is 0 Å². The molecule has 0 heterocycles. The number of hydrogen-bond donors (Lipinski definition) is 2. The van der Waals surface area contributed by atoms with Crippen molar-refractivity contribution >= 4 is 27.6 Å². The van der Waals surface area contributed by atoms with Gasteiger partial charge < -0.3 is 19.5 Å². The first-order valence-corrected chi connectivity index (χ1v) is 10.0. The van der Waals surface area contributed by atoms with Gasteiger partial charge >= 0.3 is 5.97 Å². The van der Waals surface area contributed by atoms with Gasteiger partial charge in [0.1, 0.15) is 17.5 Å². The van der Waals surface area contributed by atoms with Crippen LogP contribution < -0.4 is 19.5 Å². The van der Waals surface area contributed by atoms with Crippen LogP contribution >= 0.6 is 0 Å². The summed E-state index contributed by atoms with van der Waals surface area (Å²) in [7, 11) is -1.03. The summed E-state index contributed by atoms with van der Waals surface area (Å²) >= 11 is 0. The number of benzene rings is 2. The molecule has 0 bridgehead atoms. The van der Waals surface area contributed by atoms with Crippen LogP contribution in [0.1, 0.15) is 6.92 Å². The summed E-state index contributed by atoms with van der Waals surface area (Å²) in [5.74, 6) is -0.532. The second kappa shape index (κ2) is 9.89. The summed E-state index contributed by atoms with van der Waals surface area (Å²) in [6, 6.07) is 11.2. The van der Waals surface area contributed by atoms with Gasteiger partial charge in [0, 0.05) is 0 Å². The third-order valence-electron chi connectivity index (χ3n) is 3.78. The van der Waals surface area contributed by atoms with Gasteiger partial charge in [-0.3, -0.25) is 9.59 Å². The van der Waals surface area contributed by atoms with Gasteiger partial charge in [-0.05, 0) is 43.3 Å². The Morgan fingerprint density at radius 1 is 1.00 bits per heavy atom. The highest BCUT2D eigenvalue weighted by Gasteiger charge is 2.24. The SMILES string of the molecule is COc1ccc(S(=O)(=O)NC(C)C(=O)OCC(=O)Nc2ccccc2OC)cc1. The Morgan fingerprint density at radius 3 is 2.28 bits per heavy atom. The number of hydrogen-bond acceptors (Lipinski definition) is 7. The summed E-state index contributed by atoms with van der Waals surface area (Å²) in [5, 5.41) is 2.55. The maximum absolute atomic E-state index is 12.3. The Balaban J connectivity index is 1.90. The molecule has 2 aromatic rings. The van der Waals surface area contributed by atoms with Crippen molar-refractivity contribution in [3.63, 3.8) is 0 Å². The number of nitrogens with one attached hydrogen (secondary N) is 2. The molecule has 1 amide bonds. The van der Waals surface area contributed by atoms with E-state index in [0.29, 0.717) is 17.2 Å². The molecule has 0 radical (unpaired) electrons. The van der Waals surface area contributed by atoms with Crippen molar-refractivity contribution in [2.75, 3.05) is 26.1 Å². The molecular formula is C19H22N2O7S. The summed E-state index contributed by atoms with van der Waals surface area (Å²) < 4.78 is 41.9. The minimum Gasteiger partial charge on any atom is -0.497 e. The minimum atomic E-state index is -3.95. The van der Waals surface area contributed by atoms with Crippen molar-refractivity contribution in [2.24, 2.45) is 0 Å². The molecule has 2 rings (SSSR count). The van der Waals surface area contributed by atoms with Gasteiger partial charge in [-0.25, -0.2) is 8.42 Å². The molecule has 1 atom stereocenters. The highest BCUT2D eigenvalue weighted by Crippen LogP contribution is 2.22. The zero-order chi connectivity index (χ0) is 21.4. The lowest BCUT2D eigenvalue weighted by Gasteiger charge is -2.14. The molecule has 1 unspecified atom stereocenters. The fraction of sp³-hybridized carbons (Fsp3) is 0.263. The Kier molecular flexibility index (Phi) is 7.57. The number of esters is 1. The summed E-state index contributed by atoms with van der Waals surface area (Å²) in [5.41, 5.74) is 0.421. The van der Waals surface area contributed by atoms with Gasteiger partial charge in [0.15, 0.2) is 6.61 Å². The molecule has 156 valence electrons. The van der Waals surface area contributed by atoms with E-state index in [1.807, 2.05) is 0 Å². The molecule has 2 aromatic carbocycles. The van der Waals surface area contributed by atoms with Gasteiger partial charge in [0.25, 0.3) is 5.91 Å². The fourth-order valence-electron chi connectivity index (χ4n) is 2.30. The normalized spacial score (nSPS) is 12.0. The number of para-hydroxylation sites is 2. The molecule has 0 saturated heterocycles. The monoisotopic (exact) mass is 422 g/mol. The zero-order valence-electron chi connectivity index (χ0n) is 16.2. The van der Waals surface area contributed by atoms with Crippen molar-refractivity contribution in [3.8, 4) is 11.5 Å². The van der Waals surface area contributed by atoms with E-state index in [9.17, 15) is 18.0 Å². The van der Waals surface area contributed by atoms with Crippen LogP contribution in [0.25, 0.3) is 0 Å². The summed E-state index contributed by atoms with van der Waals surface area (Å²) in [6.07, 6.45) is 0. The lowest BCUT2D eigenvalue weighted by Crippen LogP contribution is -2.40. The lowest BCUT2D eigenvalue weighted by atomic mass is 10.3. The van der Waals surface area contributed by atoms with Gasteiger partial charge in [0.2, 0.25) is 10.0 Å². The Bertz CT molecular complexity index is 959. The zero-order valence-corrected chi connectivity index (χ0v) is 17.0. The third-order valence-corrected chi connectivity index (χ3v) is 5.34. The number of methoxy groups -OCH3 is 2. The number of anilines is 1. The summed E-state index contributed by atoms with van der Waals surface area (Å²) in [6.45, 7) is 0.743. The van der Waals surface area contributed by atoms with Crippen LogP contribution in [-0.4, -0.2) is 47.2 Å². The molecule has 0 spiro atoms. The van der Waals surface area contributed by atoms with E-state index in [0.717, 1.165) is 0 Å². The van der Waals surface area contributed by atoms with Crippen LogP contribution in [-0.2, 0) is 24.3 Å².